The summed E-state index contributed by atoms with van der Waals surface area (Å²) in [7, 11) is 0. The first-order chi connectivity index (χ1) is 2.27. The molecule has 0 aliphatic carbocycles. The van der Waals surface area contributed by atoms with E-state index in [1.54, 1.807) is 0 Å². The second-order valence-corrected chi connectivity index (χ2v) is 1.03. The van der Waals surface area contributed by atoms with Crippen LogP contribution in [0, 0.1) is 0 Å². The van der Waals surface area contributed by atoms with E-state index in [1.807, 2.05) is 0 Å². The van der Waals surface area contributed by atoms with Crippen LogP contribution in [0.2, 0.25) is 0 Å². The molecule has 0 aliphatic rings. The minimum absolute atomic E-state index is 0. The van der Waals surface area contributed by atoms with Crippen LogP contribution in [0.5, 0.6) is 0 Å². The van der Waals surface area contributed by atoms with Crippen molar-refractivity contribution in [3.8, 4) is 0 Å². The van der Waals surface area contributed by atoms with Gasteiger partial charge in [-0.3, -0.25) is 0 Å². The fourth-order valence-corrected chi connectivity index (χ4v) is 0. The van der Waals surface area contributed by atoms with Crippen molar-refractivity contribution in [2.75, 3.05) is 6.61 Å². The zero-order valence-electron chi connectivity index (χ0n) is 4.51. The molecule has 5 heteroatoms. The molecular weight excluding hydrogens is 166 g/mol. The molecule has 0 rings (SSSR count). The molecule has 2 nitrogen and oxygen atoms in total. The average Bonchev–Trinajstić information content (AvgIpc) is 1.38. The summed E-state index contributed by atoms with van der Waals surface area (Å²) in [4.78, 5) is 0. The number of halogens is 2. The largest absolute Gasteiger partial charge is 3.00 e. The van der Waals surface area contributed by atoms with Crippen LogP contribution in [0.15, 0.2) is 0 Å². The first-order valence-electron chi connectivity index (χ1n) is 1.56. The summed E-state index contributed by atoms with van der Waals surface area (Å²) in [6.45, 7) is 1.39. The maximum Gasteiger partial charge on any atom is 3.00 e. The number of rotatable bonds is 1. The SMILES string of the molecule is CC(O)CO.[Al+3].[Cl-].[Cl-]. The molecule has 0 aromatic rings. The van der Waals surface area contributed by atoms with Crippen molar-refractivity contribution in [2.24, 2.45) is 0 Å². The molecule has 2 N–H and O–H groups in total. The molecule has 0 fully saturated rings. The van der Waals surface area contributed by atoms with E-state index in [0.717, 1.165) is 0 Å². The minimum Gasteiger partial charge on any atom is -1.00 e. The fraction of sp³-hybridized carbons (Fsp3) is 1.00. The van der Waals surface area contributed by atoms with Gasteiger partial charge in [-0.05, 0) is 6.92 Å². The molecule has 48 valence electrons. The molecule has 0 radical (unpaired) electrons. The second-order valence-electron chi connectivity index (χ2n) is 1.03. The minimum atomic E-state index is -0.560. The van der Waals surface area contributed by atoms with Gasteiger partial charge in [-0.15, -0.1) is 0 Å². The summed E-state index contributed by atoms with van der Waals surface area (Å²) in [6.07, 6.45) is -0.560. The van der Waals surface area contributed by atoms with Gasteiger partial charge in [-0.1, -0.05) is 0 Å². The van der Waals surface area contributed by atoms with Gasteiger partial charge >= 0.3 is 17.4 Å². The van der Waals surface area contributed by atoms with Gasteiger partial charge in [-0.25, -0.2) is 0 Å². The summed E-state index contributed by atoms with van der Waals surface area (Å²) in [5.74, 6) is 0. The van der Waals surface area contributed by atoms with Crippen LogP contribution < -0.4 is 24.8 Å². The Bertz CT molecular complexity index is 29.2. The van der Waals surface area contributed by atoms with Crippen LogP contribution in [-0.2, 0) is 0 Å². The van der Waals surface area contributed by atoms with E-state index in [9.17, 15) is 0 Å². The zero-order chi connectivity index (χ0) is 4.28. The Morgan fingerprint density at radius 3 is 1.50 bits per heavy atom. The molecule has 0 heterocycles. The molecule has 0 spiro atoms. The molecule has 8 heavy (non-hydrogen) atoms. The maximum absolute atomic E-state index is 8.11. The van der Waals surface area contributed by atoms with Crippen molar-refractivity contribution in [3.05, 3.63) is 0 Å². The number of aliphatic hydroxyl groups is 2. The van der Waals surface area contributed by atoms with E-state index in [4.69, 9.17) is 10.2 Å². The third-order valence-electron chi connectivity index (χ3n) is 0.264. The monoisotopic (exact) mass is 173 g/mol. The predicted octanol–water partition coefficient (Wildman–Crippen LogP) is -7.01. The molecular formula is C3H8AlCl2O2+. The Hall–Kier alpha value is 1.03. The normalized spacial score (nSPS) is 9.38. The number of aliphatic hydroxyl groups excluding tert-OH is 2. The van der Waals surface area contributed by atoms with Gasteiger partial charge in [0, 0.05) is 0 Å². The smallest absolute Gasteiger partial charge is 1.00 e. The van der Waals surface area contributed by atoms with Crippen LogP contribution in [0.3, 0.4) is 0 Å². The van der Waals surface area contributed by atoms with Crippen molar-refractivity contribution in [3.63, 3.8) is 0 Å². The second kappa shape index (κ2) is 15.7. The van der Waals surface area contributed by atoms with Crippen molar-refractivity contribution in [1.82, 2.24) is 0 Å². The van der Waals surface area contributed by atoms with Gasteiger partial charge in [-0.2, -0.15) is 0 Å². The summed E-state index contributed by atoms with van der Waals surface area (Å²) >= 11 is 0. The molecule has 1 unspecified atom stereocenters. The van der Waals surface area contributed by atoms with Gasteiger partial charge in [0.1, 0.15) is 0 Å². The molecule has 0 aliphatic heterocycles. The Balaban J connectivity index is -0.0000000267. The molecule has 0 amide bonds. The van der Waals surface area contributed by atoms with Gasteiger partial charge in [0.05, 0.1) is 12.7 Å². The van der Waals surface area contributed by atoms with Crippen molar-refractivity contribution >= 4 is 17.4 Å². The van der Waals surface area contributed by atoms with Crippen molar-refractivity contribution in [1.29, 1.82) is 0 Å². The Morgan fingerprint density at radius 2 is 1.50 bits per heavy atom. The molecule has 1 atom stereocenters. The summed E-state index contributed by atoms with van der Waals surface area (Å²) in [5.41, 5.74) is 0. The number of hydrogen-bond donors (Lipinski definition) is 2. The van der Waals surface area contributed by atoms with E-state index in [1.165, 1.54) is 6.92 Å². The van der Waals surface area contributed by atoms with Gasteiger partial charge in [0.15, 0.2) is 0 Å². The Labute approximate surface area is 72.2 Å². The topological polar surface area (TPSA) is 40.5 Å². The van der Waals surface area contributed by atoms with Crippen LogP contribution in [-0.4, -0.2) is 40.3 Å². The first kappa shape index (κ1) is 23.0. The van der Waals surface area contributed by atoms with E-state index < -0.39 is 6.10 Å². The van der Waals surface area contributed by atoms with Crippen LogP contribution >= 0.6 is 0 Å². The molecule has 0 saturated carbocycles. The standard InChI is InChI=1S/C3H8O2.Al.2ClH/c1-3(5)2-4;;;/h3-5H,2H2,1H3;;2*1H/q;+3;;/p-2. The van der Waals surface area contributed by atoms with Crippen LogP contribution in [0.1, 0.15) is 6.92 Å². The molecule has 0 aromatic heterocycles. The van der Waals surface area contributed by atoms with Crippen molar-refractivity contribution < 1.29 is 35.0 Å². The Morgan fingerprint density at radius 1 is 1.38 bits per heavy atom. The van der Waals surface area contributed by atoms with Crippen molar-refractivity contribution in [2.45, 2.75) is 13.0 Å². The van der Waals surface area contributed by atoms with E-state index >= 15 is 0 Å². The third kappa shape index (κ3) is 27.8. The van der Waals surface area contributed by atoms with Gasteiger partial charge in [0.25, 0.3) is 0 Å². The zero-order valence-corrected chi connectivity index (χ0v) is 7.18. The van der Waals surface area contributed by atoms with E-state index in [2.05, 4.69) is 0 Å². The number of hydrogen-bond acceptors (Lipinski definition) is 2. The fourth-order valence-electron chi connectivity index (χ4n) is 0. The molecule has 0 bridgehead atoms. The third-order valence-corrected chi connectivity index (χ3v) is 0.264. The van der Waals surface area contributed by atoms with E-state index in [0.29, 0.717) is 0 Å². The first-order valence-corrected chi connectivity index (χ1v) is 1.56. The summed E-state index contributed by atoms with van der Waals surface area (Å²) in [6, 6.07) is 0. The van der Waals surface area contributed by atoms with Gasteiger partial charge in [0.2, 0.25) is 0 Å². The average molecular weight is 174 g/mol. The maximum atomic E-state index is 8.11. The van der Waals surface area contributed by atoms with E-state index in [-0.39, 0.29) is 48.8 Å². The summed E-state index contributed by atoms with van der Waals surface area (Å²) < 4.78 is 0. The Kier molecular flexibility index (Phi) is 45.1. The quantitative estimate of drug-likeness (QED) is 0.388. The van der Waals surface area contributed by atoms with Crippen LogP contribution in [0.4, 0.5) is 0 Å². The van der Waals surface area contributed by atoms with Gasteiger partial charge < -0.3 is 35.0 Å². The summed E-state index contributed by atoms with van der Waals surface area (Å²) in [5, 5.41) is 16.0. The molecule has 0 saturated heterocycles. The molecule has 0 aromatic carbocycles. The predicted molar refractivity (Wildman–Crippen MR) is 24.5 cm³/mol. The van der Waals surface area contributed by atoms with Crippen LogP contribution in [0.25, 0.3) is 0 Å².